The Kier molecular flexibility index (Phi) is 9.10. The normalized spacial score (nSPS) is 13.5. The molecular weight excluding hydrogens is 554 g/mol. The lowest BCUT2D eigenvalue weighted by molar-refractivity contribution is -0.192. The van der Waals surface area contributed by atoms with Gasteiger partial charge in [-0.25, -0.2) is 14.8 Å². The number of carboxylic acid groups (broad SMARTS) is 1. The summed E-state index contributed by atoms with van der Waals surface area (Å²) in [7, 11) is 3.70. The Morgan fingerprint density at radius 2 is 1.64 bits per heavy atom. The molecule has 1 aliphatic heterocycles. The molecule has 2 aromatic heterocycles. The highest BCUT2D eigenvalue weighted by atomic mass is 35.5. The van der Waals surface area contributed by atoms with Crippen molar-refractivity contribution in [3.05, 3.63) is 64.4 Å². The van der Waals surface area contributed by atoms with Crippen molar-refractivity contribution in [3.8, 4) is 0 Å². The number of alkyl halides is 6. The van der Waals surface area contributed by atoms with Crippen LogP contribution in [0.25, 0.3) is 0 Å². The monoisotopic (exact) mass is 576 g/mol. The standard InChI is InChI=1S/C22H22ClF3N6.C2HF3O2/c1-31(2)21-29-18-10-13-32(20-17(22(24,25)26)4-3-11-27-20)12-9-16(18)19(30-21)28-15-7-5-14(23)6-8-15;3-2(4,5)1(6)7/h3-8,11H,9-10,12-13H2,1-2H3,(H,28,29,30);(H,6,7). The molecule has 3 heterocycles. The van der Waals surface area contributed by atoms with Crippen LogP contribution in [0.4, 0.5) is 49.6 Å². The zero-order valence-electron chi connectivity index (χ0n) is 20.6. The maximum absolute atomic E-state index is 13.5. The van der Waals surface area contributed by atoms with E-state index in [0.717, 1.165) is 23.0 Å². The fraction of sp³-hybridized carbons (Fsp3) is 0.333. The van der Waals surface area contributed by atoms with Crippen LogP contribution in [-0.4, -0.2) is 59.4 Å². The molecule has 1 aromatic carbocycles. The zero-order chi connectivity index (χ0) is 29.0. The Morgan fingerprint density at radius 3 is 2.21 bits per heavy atom. The van der Waals surface area contributed by atoms with E-state index in [1.807, 2.05) is 26.2 Å². The molecule has 0 amide bonds. The van der Waals surface area contributed by atoms with E-state index < -0.39 is 23.9 Å². The van der Waals surface area contributed by atoms with Crippen LogP contribution in [-0.2, 0) is 23.8 Å². The van der Waals surface area contributed by atoms with Crippen LogP contribution in [0.2, 0.25) is 5.02 Å². The fourth-order valence-corrected chi connectivity index (χ4v) is 3.77. The van der Waals surface area contributed by atoms with Gasteiger partial charge in [-0.2, -0.15) is 31.3 Å². The van der Waals surface area contributed by atoms with Crippen molar-refractivity contribution in [1.29, 1.82) is 0 Å². The SMILES string of the molecule is CN(C)c1nc2c(c(Nc3ccc(Cl)cc3)n1)CCN(c1ncccc1C(F)(F)F)CC2.O=C(O)C(F)(F)F. The number of rotatable bonds is 4. The fourth-order valence-electron chi connectivity index (χ4n) is 3.64. The molecule has 1 aliphatic rings. The second-order valence-corrected chi connectivity index (χ2v) is 8.92. The highest BCUT2D eigenvalue weighted by Gasteiger charge is 2.38. The topological polar surface area (TPSA) is 94.5 Å². The molecule has 210 valence electrons. The molecule has 0 unspecified atom stereocenters. The van der Waals surface area contributed by atoms with E-state index in [1.54, 1.807) is 21.9 Å². The summed E-state index contributed by atoms with van der Waals surface area (Å²) in [6, 6.07) is 9.62. The van der Waals surface area contributed by atoms with Gasteiger partial charge in [-0.3, -0.25) is 0 Å². The van der Waals surface area contributed by atoms with Gasteiger partial charge in [-0.15, -0.1) is 0 Å². The van der Waals surface area contributed by atoms with E-state index >= 15 is 0 Å². The summed E-state index contributed by atoms with van der Waals surface area (Å²) in [5, 5.41) is 11.1. The third kappa shape index (κ3) is 7.85. The Labute approximate surface area is 224 Å². The first-order chi connectivity index (χ1) is 18.2. The Hall–Kier alpha value is -3.81. The average molecular weight is 577 g/mol. The van der Waals surface area contributed by atoms with E-state index in [4.69, 9.17) is 21.5 Å². The third-order valence-electron chi connectivity index (χ3n) is 5.47. The van der Waals surface area contributed by atoms with Crippen LogP contribution >= 0.6 is 11.6 Å². The molecule has 0 bridgehead atoms. The van der Waals surface area contributed by atoms with Gasteiger partial charge in [-0.05, 0) is 42.8 Å². The third-order valence-corrected chi connectivity index (χ3v) is 5.72. The lowest BCUT2D eigenvalue weighted by atomic mass is 10.1. The van der Waals surface area contributed by atoms with Gasteiger partial charge in [-0.1, -0.05) is 11.6 Å². The number of hydrogen-bond acceptors (Lipinski definition) is 7. The number of carbonyl (C=O) groups is 1. The predicted octanol–water partition coefficient (Wildman–Crippen LogP) is 5.59. The molecule has 0 saturated carbocycles. The number of hydrogen-bond donors (Lipinski definition) is 2. The van der Waals surface area contributed by atoms with E-state index in [2.05, 4.69) is 20.3 Å². The second kappa shape index (κ2) is 11.9. The molecule has 0 atom stereocenters. The zero-order valence-corrected chi connectivity index (χ0v) is 21.4. The van der Waals surface area contributed by atoms with Gasteiger partial charge in [0.2, 0.25) is 5.95 Å². The van der Waals surface area contributed by atoms with Crippen LogP contribution in [0, 0.1) is 0 Å². The minimum atomic E-state index is -5.08. The van der Waals surface area contributed by atoms with Gasteiger partial charge in [0.15, 0.2) is 0 Å². The number of carboxylic acids is 1. The summed E-state index contributed by atoms with van der Waals surface area (Å²) in [6.45, 7) is 0.740. The summed E-state index contributed by atoms with van der Waals surface area (Å²) in [5.74, 6) is -1.64. The van der Waals surface area contributed by atoms with Crippen molar-refractivity contribution >= 4 is 40.8 Å². The molecular formula is C24H23ClF6N6O2. The first kappa shape index (κ1) is 29.7. The first-order valence-electron chi connectivity index (χ1n) is 11.3. The number of halogens is 7. The number of fused-ring (bicyclic) bond motifs is 1. The van der Waals surface area contributed by atoms with Crippen molar-refractivity contribution in [2.45, 2.75) is 25.2 Å². The van der Waals surface area contributed by atoms with E-state index in [0.29, 0.717) is 42.7 Å². The van der Waals surface area contributed by atoms with E-state index in [-0.39, 0.29) is 5.82 Å². The predicted molar refractivity (Wildman–Crippen MR) is 134 cm³/mol. The van der Waals surface area contributed by atoms with E-state index in [1.165, 1.54) is 12.3 Å². The van der Waals surface area contributed by atoms with Gasteiger partial charge < -0.3 is 20.2 Å². The lowest BCUT2D eigenvalue weighted by Crippen LogP contribution is -2.29. The maximum Gasteiger partial charge on any atom is 0.490 e. The molecule has 0 spiro atoms. The molecule has 0 saturated heterocycles. The van der Waals surface area contributed by atoms with E-state index in [9.17, 15) is 26.3 Å². The summed E-state index contributed by atoms with van der Waals surface area (Å²) in [6.07, 6.45) is -7.21. The van der Waals surface area contributed by atoms with Crippen LogP contribution in [0.3, 0.4) is 0 Å². The highest BCUT2D eigenvalue weighted by molar-refractivity contribution is 6.30. The molecule has 2 N–H and O–H groups in total. The number of pyridine rings is 1. The number of benzene rings is 1. The van der Waals surface area contributed by atoms with Crippen LogP contribution < -0.4 is 15.1 Å². The number of aliphatic carboxylic acids is 1. The number of nitrogens with one attached hydrogen (secondary N) is 1. The van der Waals surface area contributed by atoms with Crippen LogP contribution in [0.1, 0.15) is 16.8 Å². The highest BCUT2D eigenvalue weighted by Crippen LogP contribution is 2.36. The number of nitrogens with zero attached hydrogens (tertiary/aromatic N) is 5. The minimum absolute atomic E-state index is 0.0548. The van der Waals surface area contributed by atoms with Gasteiger partial charge in [0.05, 0.1) is 11.3 Å². The van der Waals surface area contributed by atoms with Gasteiger partial charge in [0.25, 0.3) is 0 Å². The van der Waals surface area contributed by atoms with Gasteiger partial charge >= 0.3 is 18.3 Å². The Morgan fingerprint density at radius 1 is 1.03 bits per heavy atom. The molecule has 0 radical (unpaired) electrons. The smallest absolute Gasteiger partial charge is 0.475 e. The molecule has 4 rings (SSSR count). The average Bonchev–Trinajstić information content (AvgIpc) is 3.07. The largest absolute Gasteiger partial charge is 0.490 e. The second-order valence-electron chi connectivity index (χ2n) is 8.49. The van der Waals surface area contributed by atoms with Crippen LogP contribution in [0.15, 0.2) is 42.6 Å². The van der Waals surface area contributed by atoms with Crippen molar-refractivity contribution in [1.82, 2.24) is 15.0 Å². The van der Waals surface area contributed by atoms with Crippen molar-refractivity contribution < 1.29 is 36.2 Å². The number of aromatic nitrogens is 3. The minimum Gasteiger partial charge on any atom is -0.475 e. The summed E-state index contributed by atoms with van der Waals surface area (Å²) in [4.78, 5) is 25.8. The lowest BCUT2D eigenvalue weighted by Gasteiger charge is -2.24. The molecule has 39 heavy (non-hydrogen) atoms. The van der Waals surface area contributed by atoms with Gasteiger partial charge in [0.1, 0.15) is 11.6 Å². The Balaban J connectivity index is 0.000000532. The molecule has 15 heteroatoms. The summed E-state index contributed by atoms with van der Waals surface area (Å²) < 4.78 is 72.3. The molecule has 0 fully saturated rings. The molecule has 8 nitrogen and oxygen atoms in total. The van der Waals surface area contributed by atoms with Crippen molar-refractivity contribution in [3.63, 3.8) is 0 Å². The Bertz CT molecular complexity index is 1300. The van der Waals surface area contributed by atoms with Crippen molar-refractivity contribution in [2.24, 2.45) is 0 Å². The summed E-state index contributed by atoms with van der Waals surface area (Å²) in [5.41, 5.74) is 1.78. The summed E-state index contributed by atoms with van der Waals surface area (Å²) >= 11 is 5.99. The quantitative estimate of drug-likeness (QED) is 0.388. The molecule has 0 aliphatic carbocycles. The first-order valence-corrected chi connectivity index (χ1v) is 11.7. The molecule has 3 aromatic rings. The van der Waals surface area contributed by atoms with Crippen LogP contribution in [0.5, 0.6) is 0 Å². The van der Waals surface area contributed by atoms with Gasteiger partial charge in [0, 0.05) is 56.1 Å². The van der Waals surface area contributed by atoms with Crippen molar-refractivity contribution in [2.75, 3.05) is 42.3 Å². The number of anilines is 4. The maximum atomic E-state index is 13.5.